The molecular weight excluding hydrogens is 262 g/mol. The summed E-state index contributed by atoms with van der Waals surface area (Å²) >= 11 is 0. The largest absolute Gasteiger partial charge is 0.355 e. The van der Waals surface area contributed by atoms with Crippen LogP contribution >= 0.6 is 0 Å². The van der Waals surface area contributed by atoms with Crippen molar-refractivity contribution >= 4 is 11.6 Å². The van der Waals surface area contributed by atoms with Gasteiger partial charge in [-0.3, -0.25) is 14.9 Å². The van der Waals surface area contributed by atoms with Crippen LogP contribution in [0.15, 0.2) is 30.6 Å². The van der Waals surface area contributed by atoms with E-state index in [0.29, 0.717) is 17.9 Å². The summed E-state index contributed by atoms with van der Waals surface area (Å²) in [6.07, 6.45) is 1.42. The van der Waals surface area contributed by atoms with Crippen LogP contribution in [0.2, 0.25) is 0 Å². The molecule has 0 radical (unpaired) electrons. The first-order chi connectivity index (χ1) is 9.60. The van der Waals surface area contributed by atoms with Crippen LogP contribution in [0.3, 0.4) is 0 Å². The molecule has 20 heavy (non-hydrogen) atoms. The average Bonchev–Trinajstić information content (AvgIpc) is 2.87. The van der Waals surface area contributed by atoms with E-state index in [1.54, 1.807) is 12.1 Å². The number of benzene rings is 1. The van der Waals surface area contributed by atoms with Gasteiger partial charge in [0.2, 0.25) is 5.91 Å². The normalized spacial score (nSPS) is 10.2. The number of nitro groups is 1. The molecule has 0 saturated heterocycles. The minimum Gasteiger partial charge on any atom is -0.355 e. The maximum atomic E-state index is 11.4. The Labute approximate surface area is 114 Å². The first-order valence-corrected chi connectivity index (χ1v) is 6.01. The second-order valence-corrected chi connectivity index (χ2v) is 4.03. The number of nitro benzene ring substituents is 1. The van der Waals surface area contributed by atoms with E-state index in [1.165, 1.54) is 23.1 Å². The van der Waals surface area contributed by atoms with Gasteiger partial charge in [0, 0.05) is 24.2 Å². The minimum absolute atomic E-state index is 0.0254. The van der Waals surface area contributed by atoms with Gasteiger partial charge in [-0.15, -0.1) is 0 Å². The maximum absolute atomic E-state index is 11.4. The zero-order valence-electron chi connectivity index (χ0n) is 10.8. The highest BCUT2D eigenvalue weighted by molar-refractivity contribution is 5.75. The predicted octanol–water partition coefficient (Wildman–Crippen LogP) is 0.989. The molecule has 0 atom stereocenters. The van der Waals surface area contributed by atoms with E-state index in [4.69, 9.17) is 0 Å². The van der Waals surface area contributed by atoms with Crippen molar-refractivity contribution in [2.45, 2.75) is 13.5 Å². The molecule has 8 heteroatoms. The van der Waals surface area contributed by atoms with Crippen molar-refractivity contribution in [3.8, 4) is 11.4 Å². The molecular formula is C12H13N5O3. The fourth-order valence-corrected chi connectivity index (χ4v) is 1.66. The van der Waals surface area contributed by atoms with Gasteiger partial charge in [-0.25, -0.2) is 9.67 Å². The monoisotopic (exact) mass is 275 g/mol. The first-order valence-electron chi connectivity index (χ1n) is 6.01. The van der Waals surface area contributed by atoms with Crippen molar-refractivity contribution in [1.29, 1.82) is 0 Å². The molecule has 0 aliphatic carbocycles. The molecule has 0 bridgehead atoms. The summed E-state index contributed by atoms with van der Waals surface area (Å²) in [5, 5.41) is 17.5. The number of rotatable bonds is 5. The number of carbonyl (C=O) groups is 1. The first kappa shape index (κ1) is 13.7. The molecule has 0 saturated carbocycles. The molecule has 2 rings (SSSR count). The van der Waals surface area contributed by atoms with Crippen molar-refractivity contribution in [2.75, 3.05) is 6.54 Å². The van der Waals surface area contributed by atoms with Gasteiger partial charge in [0.1, 0.15) is 12.9 Å². The summed E-state index contributed by atoms with van der Waals surface area (Å²) in [4.78, 5) is 25.7. The second kappa shape index (κ2) is 5.91. The van der Waals surface area contributed by atoms with Crippen molar-refractivity contribution in [3.05, 3.63) is 40.7 Å². The number of aromatic nitrogens is 3. The van der Waals surface area contributed by atoms with Gasteiger partial charge in [0.05, 0.1) is 4.92 Å². The molecule has 1 aromatic heterocycles. The van der Waals surface area contributed by atoms with Crippen molar-refractivity contribution in [3.63, 3.8) is 0 Å². The van der Waals surface area contributed by atoms with E-state index in [1.807, 2.05) is 6.92 Å². The van der Waals surface area contributed by atoms with Gasteiger partial charge in [-0.1, -0.05) is 12.1 Å². The van der Waals surface area contributed by atoms with Crippen LogP contribution in [-0.2, 0) is 11.3 Å². The predicted molar refractivity (Wildman–Crippen MR) is 70.8 cm³/mol. The highest BCUT2D eigenvalue weighted by Gasteiger charge is 2.11. The molecule has 0 aliphatic heterocycles. The van der Waals surface area contributed by atoms with Gasteiger partial charge >= 0.3 is 0 Å². The Hall–Kier alpha value is -2.77. The number of nitrogens with one attached hydrogen (secondary N) is 1. The quantitative estimate of drug-likeness (QED) is 0.647. The molecule has 2 aromatic rings. The number of hydrogen-bond donors (Lipinski definition) is 1. The number of amides is 1. The van der Waals surface area contributed by atoms with Crippen LogP contribution in [0.4, 0.5) is 5.69 Å². The van der Waals surface area contributed by atoms with Crippen LogP contribution in [0.1, 0.15) is 6.92 Å². The molecule has 0 spiro atoms. The summed E-state index contributed by atoms with van der Waals surface area (Å²) in [5.74, 6) is 0.181. The van der Waals surface area contributed by atoms with Gasteiger partial charge in [-0.05, 0) is 6.92 Å². The summed E-state index contributed by atoms with van der Waals surface area (Å²) in [6, 6.07) is 6.04. The Bertz CT molecular complexity index is 638. The van der Waals surface area contributed by atoms with E-state index in [2.05, 4.69) is 15.4 Å². The zero-order valence-corrected chi connectivity index (χ0v) is 10.8. The highest BCUT2D eigenvalue weighted by Crippen LogP contribution is 2.20. The average molecular weight is 275 g/mol. The summed E-state index contributed by atoms with van der Waals surface area (Å²) in [7, 11) is 0. The van der Waals surface area contributed by atoms with E-state index in [0.717, 1.165) is 0 Å². The molecule has 104 valence electrons. The topological polar surface area (TPSA) is 103 Å². The Balaban J connectivity index is 2.18. The van der Waals surface area contributed by atoms with E-state index < -0.39 is 4.92 Å². The van der Waals surface area contributed by atoms with Crippen LogP contribution in [0, 0.1) is 10.1 Å². The number of non-ortho nitro benzene ring substituents is 1. The van der Waals surface area contributed by atoms with Gasteiger partial charge in [0.15, 0.2) is 5.82 Å². The molecule has 1 heterocycles. The van der Waals surface area contributed by atoms with Crippen molar-refractivity contribution in [2.24, 2.45) is 0 Å². The third kappa shape index (κ3) is 3.16. The third-order valence-corrected chi connectivity index (χ3v) is 2.53. The SMILES string of the molecule is CCNC(=O)Cn1cnc(-c2cccc([N+](=O)[O-])c2)n1. The van der Waals surface area contributed by atoms with Gasteiger partial charge in [-0.2, -0.15) is 5.10 Å². The Morgan fingerprint density at radius 2 is 2.30 bits per heavy atom. The molecule has 0 fully saturated rings. The number of hydrogen-bond acceptors (Lipinski definition) is 5. The van der Waals surface area contributed by atoms with Crippen LogP contribution < -0.4 is 5.32 Å². The molecule has 8 nitrogen and oxygen atoms in total. The smallest absolute Gasteiger partial charge is 0.270 e. The van der Waals surface area contributed by atoms with Gasteiger partial charge in [0.25, 0.3) is 5.69 Å². The lowest BCUT2D eigenvalue weighted by molar-refractivity contribution is -0.384. The number of likely N-dealkylation sites (N-methyl/N-ethyl adjacent to an activating group) is 1. The number of nitrogens with zero attached hydrogens (tertiary/aromatic N) is 4. The van der Waals surface area contributed by atoms with E-state index >= 15 is 0 Å². The van der Waals surface area contributed by atoms with Crippen molar-refractivity contribution in [1.82, 2.24) is 20.1 Å². The Morgan fingerprint density at radius 3 is 3.00 bits per heavy atom. The summed E-state index contributed by atoms with van der Waals surface area (Å²) in [6.45, 7) is 2.44. The Morgan fingerprint density at radius 1 is 1.50 bits per heavy atom. The van der Waals surface area contributed by atoms with Crippen LogP contribution in [-0.4, -0.2) is 32.1 Å². The third-order valence-electron chi connectivity index (χ3n) is 2.53. The fourth-order valence-electron chi connectivity index (χ4n) is 1.66. The standard InChI is InChI=1S/C12H13N5O3/c1-2-13-11(18)7-16-8-14-12(15-16)9-4-3-5-10(6-9)17(19)20/h3-6,8H,2,7H2,1H3,(H,13,18). The lowest BCUT2D eigenvalue weighted by Crippen LogP contribution is -2.27. The molecule has 1 amide bonds. The summed E-state index contributed by atoms with van der Waals surface area (Å²) < 4.78 is 1.39. The van der Waals surface area contributed by atoms with Crippen LogP contribution in [0.5, 0.6) is 0 Å². The molecule has 1 aromatic carbocycles. The second-order valence-electron chi connectivity index (χ2n) is 4.03. The lowest BCUT2D eigenvalue weighted by Gasteiger charge is -2.00. The van der Waals surface area contributed by atoms with Gasteiger partial charge < -0.3 is 5.32 Å². The zero-order chi connectivity index (χ0) is 14.5. The maximum Gasteiger partial charge on any atom is 0.270 e. The Kier molecular flexibility index (Phi) is 4.04. The van der Waals surface area contributed by atoms with Crippen molar-refractivity contribution < 1.29 is 9.72 Å². The fraction of sp³-hybridized carbons (Fsp3) is 0.250. The molecule has 1 N–H and O–H groups in total. The van der Waals surface area contributed by atoms with E-state index in [-0.39, 0.29) is 18.1 Å². The van der Waals surface area contributed by atoms with E-state index in [9.17, 15) is 14.9 Å². The number of carbonyl (C=O) groups excluding carboxylic acids is 1. The lowest BCUT2D eigenvalue weighted by atomic mass is 10.2. The van der Waals surface area contributed by atoms with Crippen LogP contribution in [0.25, 0.3) is 11.4 Å². The minimum atomic E-state index is -0.477. The molecule has 0 unspecified atom stereocenters. The highest BCUT2D eigenvalue weighted by atomic mass is 16.6. The molecule has 0 aliphatic rings. The summed E-state index contributed by atoms with van der Waals surface area (Å²) in [5.41, 5.74) is 0.511.